The van der Waals surface area contributed by atoms with Crippen LogP contribution in [-0.2, 0) is 4.74 Å². The lowest BCUT2D eigenvalue weighted by Crippen LogP contribution is -2.58. The van der Waals surface area contributed by atoms with Crippen LogP contribution in [0.2, 0.25) is 0 Å². The van der Waals surface area contributed by atoms with Crippen LogP contribution in [0.3, 0.4) is 0 Å². The van der Waals surface area contributed by atoms with Gasteiger partial charge in [0.1, 0.15) is 0 Å². The van der Waals surface area contributed by atoms with Gasteiger partial charge in [0.15, 0.2) is 0 Å². The van der Waals surface area contributed by atoms with Crippen LogP contribution < -0.4 is 5.32 Å². The third kappa shape index (κ3) is 2.66. The van der Waals surface area contributed by atoms with Crippen LogP contribution >= 0.6 is 15.9 Å². The van der Waals surface area contributed by atoms with E-state index in [1.165, 1.54) is 5.69 Å². The zero-order valence-corrected chi connectivity index (χ0v) is 12.3. The van der Waals surface area contributed by atoms with E-state index in [1.54, 1.807) is 0 Å². The molecule has 1 aromatic carbocycles. The SMILES string of the molecule is CCOC1CC(Nc2cccc(Br)c2)C1(C)C. The number of hydrogen-bond acceptors (Lipinski definition) is 2. The van der Waals surface area contributed by atoms with Crippen LogP contribution in [0.15, 0.2) is 28.7 Å². The average Bonchev–Trinajstić information content (AvgIpc) is 2.28. The Balaban J connectivity index is 1.98. The fourth-order valence-corrected chi connectivity index (χ4v) is 2.79. The van der Waals surface area contributed by atoms with Gasteiger partial charge >= 0.3 is 0 Å². The van der Waals surface area contributed by atoms with E-state index in [0.717, 1.165) is 17.5 Å². The summed E-state index contributed by atoms with van der Waals surface area (Å²) < 4.78 is 6.85. The maximum Gasteiger partial charge on any atom is 0.0665 e. The van der Waals surface area contributed by atoms with Crippen molar-refractivity contribution in [3.05, 3.63) is 28.7 Å². The van der Waals surface area contributed by atoms with E-state index in [0.29, 0.717) is 12.1 Å². The van der Waals surface area contributed by atoms with Gasteiger partial charge in [0.25, 0.3) is 0 Å². The summed E-state index contributed by atoms with van der Waals surface area (Å²) in [7, 11) is 0. The second-order valence-electron chi connectivity index (χ2n) is 5.21. The Morgan fingerprint density at radius 2 is 2.24 bits per heavy atom. The van der Waals surface area contributed by atoms with E-state index in [4.69, 9.17) is 4.74 Å². The molecule has 3 heteroatoms. The number of benzene rings is 1. The summed E-state index contributed by atoms with van der Waals surface area (Å²) in [5.74, 6) is 0. The molecule has 1 aromatic rings. The van der Waals surface area contributed by atoms with Crippen LogP contribution in [0.4, 0.5) is 5.69 Å². The predicted octanol–water partition coefficient (Wildman–Crippen LogP) is 4.06. The molecule has 0 aromatic heterocycles. The zero-order valence-electron chi connectivity index (χ0n) is 10.7. The lowest BCUT2D eigenvalue weighted by atomic mass is 9.64. The summed E-state index contributed by atoms with van der Waals surface area (Å²) in [6.07, 6.45) is 1.48. The Labute approximate surface area is 112 Å². The van der Waals surface area contributed by atoms with Crippen LogP contribution in [0.1, 0.15) is 27.2 Å². The van der Waals surface area contributed by atoms with Gasteiger partial charge in [0.2, 0.25) is 0 Å². The molecule has 1 aliphatic carbocycles. The molecule has 0 amide bonds. The number of hydrogen-bond donors (Lipinski definition) is 1. The minimum Gasteiger partial charge on any atom is -0.382 e. The molecule has 1 N–H and O–H groups in total. The summed E-state index contributed by atoms with van der Waals surface area (Å²) in [6.45, 7) is 7.40. The van der Waals surface area contributed by atoms with Gasteiger partial charge in [0, 0.05) is 28.2 Å². The molecule has 1 fully saturated rings. The van der Waals surface area contributed by atoms with Crippen LogP contribution in [-0.4, -0.2) is 18.8 Å². The summed E-state index contributed by atoms with van der Waals surface area (Å²) in [5, 5.41) is 3.59. The van der Waals surface area contributed by atoms with Crippen LogP contribution in [0.25, 0.3) is 0 Å². The summed E-state index contributed by atoms with van der Waals surface area (Å²) in [6, 6.07) is 8.81. The molecular formula is C14H20BrNO. The highest BCUT2D eigenvalue weighted by Crippen LogP contribution is 2.44. The van der Waals surface area contributed by atoms with Crippen molar-refractivity contribution in [2.24, 2.45) is 5.41 Å². The smallest absolute Gasteiger partial charge is 0.0665 e. The summed E-state index contributed by atoms with van der Waals surface area (Å²) in [5.41, 5.74) is 1.38. The third-order valence-electron chi connectivity index (χ3n) is 3.71. The molecule has 0 heterocycles. The Morgan fingerprint density at radius 3 is 2.82 bits per heavy atom. The van der Waals surface area contributed by atoms with Crippen molar-refractivity contribution < 1.29 is 4.74 Å². The van der Waals surface area contributed by atoms with Crippen molar-refractivity contribution in [2.45, 2.75) is 39.3 Å². The van der Waals surface area contributed by atoms with E-state index in [2.05, 4.69) is 60.2 Å². The van der Waals surface area contributed by atoms with E-state index < -0.39 is 0 Å². The largest absolute Gasteiger partial charge is 0.382 e. The molecule has 17 heavy (non-hydrogen) atoms. The first-order valence-corrected chi connectivity index (χ1v) is 6.97. The summed E-state index contributed by atoms with van der Waals surface area (Å²) >= 11 is 3.49. The van der Waals surface area contributed by atoms with Gasteiger partial charge in [0.05, 0.1) is 6.10 Å². The highest BCUT2D eigenvalue weighted by atomic mass is 79.9. The van der Waals surface area contributed by atoms with Crippen molar-refractivity contribution in [1.29, 1.82) is 0 Å². The van der Waals surface area contributed by atoms with E-state index in [1.807, 2.05) is 6.07 Å². The molecule has 94 valence electrons. The molecule has 0 aliphatic heterocycles. The van der Waals surface area contributed by atoms with Crippen LogP contribution in [0, 0.1) is 5.41 Å². The monoisotopic (exact) mass is 297 g/mol. The fourth-order valence-electron chi connectivity index (χ4n) is 2.39. The Hall–Kier alpha value is -0.540. The maximum absolute atomic E-state index is 5.74. The third-order valence-corrected chi connectivity index (χ3v) is 4.20. The predicted molar refractivity (Wildman–Crippen MR) is 75.4 cm³/mol. The molecule has 0 spiro atoms. The van der Waals surface area contributed by atoms with Gasteiger partial charge < -0.3 is 10.1 Å². The fraction of sp³-hybridized carbons (Fsp3) is 0.571. The number of anilines is 1. The molecule has 2 rings (SSSR count). The molecular weight excluding hydrogens is 278 g/mol. The van der Waals surface area contributed by atoms with Gasteiger partial charge in [-0.2, -0.15) is 0 Å². The lowest BCUT2D eigenvalue weighted by molar-refractivity contribution is -0.0975. The quantitative estimate of drug-likeness (QED) is 0.905. The second kappa shape index (κ2) is 4.99. The van der Waals surface area contributed by atoms with E-state index in [9.17, 15) is 0 Å². The van der Waals surface area contributed by atoms with Crippen molar-refractivity contribution in [3.8, 4) is 0 Å². The van der Waals surface area contributed by atoms with Gasteiger partial charge in [-0.3, -0.25) is 0 Å². The molecule has 1 saturated carbocycles. The number of nitrogens with one attached hydrogen (secondary N) is 1. The van der Waals surface area contributed by atoms with E-state index in [-0.39, 0.29) is 5.41 Å². The first-order valence-electron chi connectivity index (χ1n) is 6.17. The van der Waals surface area contributed by atoms with Crippen molar-refractivity contribution in [2.75, 3.05) is 11.9 Å². The van der Waals surface area contributed by atoms with E-state index >= 15 is 0 Å². The van der Waals surface area contributed by atoms with Gasteiger partial charge in [-0.1, -0.05) is 35.8 Å². The molecule has 1 aliphatic rings. The first kappa shape index (κ1) is 12.9. The standard InChI is InChI=1S/C14H20BrNO/c1-4-17-13-9-12(14(13,2)3)16-11-7-5-6-10(15)8-11/h5-8,12-13,16H,4,9H2,1-3H3. The number of ether oxygens (including phenoxy) is 1. The van der Waals surface area contributed by atoms with Crippen LogP contribution in [0.5, 0.6) is 0 Å². The Morgan fingerprint density at radius 1 is 1.47 bits per heavy atom. The maximum atomic E-state index is 5.74. The van der Waals surface area contributed by atoms with Gasteiger partial charge in [-0.15, -0.1) is 0 Å². The van der Waals surface area contributed by atoms with Crippen molar-refractivity contribution >= 4 is 21.6 Å². The lowest BCUT2D eigenvalue weighted by Gasteiger charge is -2.52. The normalized spacial score (nSPS) is 26.4. The Kier molecular flexibility index (Phi) is 3.79. The minimum absolute atomic E-state index is 0.207. The molecule has 0 radical (unpaired) electrons. The average molecular weight is 298 g/mol. The summed E-state index contributed by atoms with van der Waals surface area (Å²) in [4.78, 5) is 0. The second-order valence-corrected chi connectivity index (χ2v) is 6.12. The van der Waals surface area contributed by atoms with Crippen molar-refractivity contribution in [1.82, 2.24) is 0 Å². The van der Waals surface area contributed by atoms with Crippen molar-refractivity contribution in [3.63, 3.8) is 0 Å². The number of halogens is 1. The molecule has 2 nitrogen and oxygen atoms in total. The zero-order chi connectivity index (χ0) is 12.5. The topological polar surface area (TPSA) is 21.3 Å². The Bertz CT molecular complexity index is 392. The highest BCUT2D eigenvalue weighted by molar-refractivity contribution is 9.10. The van der Waals surface area contributed by atoms with Gasteiger partial charge in [-0.25, -0.2) is 0 Å². The molecule has 2 unspecified atom stereocenters. The van der Waals surface area contributed by atoms with Gasteiger partial charge in [-0.05, 0) is 31.5 Å². The molecule has 0 saturated heterocycles. The molecule has 0 bridgehead atoms. The number of rotatable bonds is 4. The first-order chi connectivity index (χ1) is 8.04. The molecule has 2 atom stereocenters. The highest BCUT2D eigenvalue weighted by Gasteiger charge is 2.48. The minimum atomic E-state index is 0.207.